The van der Waals surface area contributed by atoms with Gasteiger partial charge in [-0.3, -0.25) is 0 Å². The van der Waals surface area contributed by atoms with Gasteiger partial charge in [0.25, 0.3) is 0 Å². The molecular formula is C15H31BrOSi. The molecule has 0 heterocycles. The van der Waals surface area contributed by atoms with Gasteiger partial charge in [0.1, 0.15) is 0 Å². The normalized spacial score (nSPS) is 15.3. The lowest BCUT2D eigenvalue weighted by Crippen LogP contribution is -2.43. The first-order valence-corrected chi connectivity index (χ1v) is 11.2. The number of allylic oxidation sites excluding steroid dienone is 1. The molecule has 0 bridgehead atoms. The lowest BCUT2D eigenvalue weighted by atomic mass is 10.1. The first-order chi connectivity index (χ1) is 8.24. The van der Waals surface area contributed by atoms with Crippen LogP contribution in [0.25, 0.3) is 0 Å². The Kier molecular flexibility index (Phi) is 8.73. The van der Waals surface area contributed by atoms with Gasteiger partial charge in [-0.15, -0.1) is 0 Å². The summed E-state index contributed by atoms with van der Waals surface area (Å²) in [7, 11) is -1.64. The predicted octanol–water partition coefficient (Wildman–Crippen LogP) is 5.91. The first-order valence-electron chi connectivity index (χ1n) is 7.15. The van der Waals surface area contributed by atoms with Crippen molar-refractivity contribution in [3.63, 3.8) is 0 Å². The smallest absolute Gasteiger partial charge is 0.192 e. The maximum Gasteiger partial charge on any atom is 0.192 e. The molecule has 0 radical (unpaired) electrons. The minimum absolute atomic E-state index is 0.290. The monoisotopic (exact) mass is 334 g/mol. The number of alkyl halides is 1. The van der Waals surface area contributed by atoms with Crippen LogP contribution in [0.2, 0.25) is 18.1 Å². The highest BCUT2D eigenvalue weighted by Gasteiger charge is 2.38. The molecule has 1 atom stereocenters. The minimum Gasteiger partial charge on any atom is -0.411 e. The van der Waals surface area contributed by atoms with Crippen LogP contribution in [0, 0.1) is 0 Å². The molecule has 0 aromatic rings. The third-order valence-electron chi connectivity index (χ3n) is 3.78. The number of hydrogen-bond acceptors (Lipinski definition) is 1. The zero-order valence-electron chi connectivity index (χ0n) is 13.1. The van der Waals surface area contributed by atoms with Crippen LogP contribution in [0.15, 0.2) is 12.2 Å². The Morgan fingerprint density at radius 2 is 1.83 bits per heavy atom. The molecule has 0 saturated heterocycles. The van der Waals surface area contributed by atoms with Gasteiger partial charge in [-0.25, -0.2) is 0 Å². The van der Waals surface area contributed by atoms with Crippen LogP contribution in [-0.4, -0.2) is 19.8 Å². The number of hydrogen-bond donors (Lipinski definition) is 0. The molecule has 0 rings (SSSR count). The number of rotatable bonds is 8. The molecule has 1 nitrogen and oxygen atoms in total. The van der Waals surface area contributed by atoms with Crippen molar-refractivity contribution in [2.75, 3.05) is 5.33 Å². The SMILES string of the molecule is CCCCCC(C=CCBr)O[Si](C)(C)C(C)(C)C. The minimum atomic E-state index is -1.64. The molecule has 0 aliphatic carbocycles. The number of halogens is 1. The molecule has 108 valence electrons. The van der Waals surface area contributed by atoms with Crippen molar-refractivity contribution < 1.29 is 4.43 Å². The molecule has 0 N–H and O–H groups in total. The largest absolute Gasteiger partial charge is 0.411 e. The molecular weight excluding hydrogens is 304 g/mol. The molecule has 18 heavy (non-hydrogen) atoms. The molecule has 0 spiro atoms. The zero-order valence-corrected chi connectivity index (χ0v) is 15.6. The molecule has 3 heteroatoms. The molecule has 1 unspecified atom stereocenters. The van der Waals surface area contributed by atoms with Crippen molar-refractivity contribution >= 4 is 24.2 Å². The summed E-state index contributed by atoms with van der Waals surface area (Å²) >= 11 is 3.45. The van der Waals surface area contributed by atoms with E-state index in [1.807, 2.05) is 0 Å². The maximum absolute atomic E-state index is 6.48. The highest BCUT2D eigenvalue weighted by Crippen LogP contribution is 2.37. The second-order valence-corrected chi connectivity index (χ2v) is 11.9. The summed E-state index contributed by atoms with van der Waals surface area (Å²) in [4.78, 5) is 0. The molecule has 0 saturated carbocycles. The van der Waals surface area contributed by atoms with E-state index in [0.717, 1.165) is 11.8 Å². The third kappa shape index (κ3) is 7.10. The summed E-state index contributed by atoms with van der Waals surface area (Å²) in [5.41, 5.74) is 0. The highest BCUT2D eigenvalue weighted by molar-refractivity contribution is 9.09. The van der Waals surface area contributed by atoms with E-state index in [0.29, 0.717) is 6.10 Å². The molecule has 0 aromatic heterocycles. The van der Waals surface area contributed by atoms with Gasteiger partial charge < -0.3 is 4.43 Å². The summed E-state index contributed by atoms with van der Waals surface area (Å²) in [6, 6.07) is 0. The van der Waals surface area contributed by atoms with E-state index in [2.05, 4.69) is 68.9 Å². The summed E-state index contributed by atoms with van der Waals surface area (Å²) in [6.45, 7) is 13.8. The second-order valence-electron chi connectivity index (χ2n) is 6.49. The van der Waals surface area contributed by atoms with Crippen molar-refractivity contribution in [3.8, 4) is 0 Å². The molecule has 0 aliphatic rings. The van der Waals surface area contributed by atoms with E-state index >= 15 is 0 Å². The fourth-order valence-electron chi connectivity index (χ4n) is 1.55. The standard InChI is InChI=1S/C15H31BrOSi/c1-7-8-9-11-14(12-10-13-16)17-18(5,6)15(2,3)4/h10,12,14H,7-9,11,13H2,1-6H3. The molecule has 0 amide bonds. The van der Waals surface area contributed by atoms with Crippen LogP contribution < -0.4 is 0 Å². The highest BCUT2D eigenvalue weighted by atomic mass is 79.9. The van der Waals surface area contributed by atoms with Gasteiger partial charge in [-0.1, -0.05) is 75.0 Å². The van der Waals surface area contributed by atoms with Crippen molar-refractivity contribution in [1.29, 1.82) is 0 Å². The van der Waals surface area contributed by atoms with Crippen LogP contribution in [-0.2, 0) is 4.43 Å². The van der Waals surface area contributed by atoms with E-state index in [-0.39, 0.29) is 5.04 Å². The topological polar surface area (TPSA) is 9.23 Å². The summed E-state index contributed by atoms with van der Waals surface area (Å²) < 4.78 is 6.48. The fraction of sp³-hybridized carbons (Fsp3) is 0.867. The quantitative estimate of drug-likeness (QED) is 0.232. The molecule has 0 aliphatic heterocycles. The fourth-order valence-corrected chi connectivity index (χ4v) is 3.07. The Balaban J connectivity index is 4.52. The average molecular weight is 335 g/mol. The lowest BCUT2D eigenvalue weighted by Gasteiger charge is -2.38. The van der Waals surface area contributed by atoms with Crippen LogP contribution in [0.3, 0.4) is 0 Å². The van der Waals surface area contributed by atoms with Gasteiger partial charge in [0, 0.05) is 5.33 Å². The van der Waals surface area contributed by atoms with E-state index in [4.69, 9.17) is 4.43 Å². The Labute approximate surface area is 124 Å². The molecule has 0 fully saturated rings. The van der Waals surface area contributed by atoms with E-state index in [9.17, 15) is 0 Å². The van der Waals surface area contributed by atoms with Crippen LogP contribution in [0.4, 0.5) is 0 Å². The Morgan fingerprint density at radius 1 is 1.22 bits per heavy atom. The average Bonchev–Trinajstić information content (AvgIpc) is 2.24. The van der Waals surface area contributed by atoms with Crippen molar-refractivity contribution in [2.45, 2.75) is 77.6 Å². The third-order valence-corrected chi connectivity index (χ3v) is 8.66. The lowest BCUT2D eigenvalue weighted by molar-refractivity contribution is 0.211. The van der Waals surface area contributed by atoms with E-state index in [1.165, 1.54) is 19.3 Å². The van der Waals surface area contributed by atoms with Crippen molar-refractivity contribution in [3.05, 3.63) is 12.2 Å². The zero-order chi connectivity index (χ0) is 14.2. The summed E-state index contributed by atoms with van der Waals surface area (Å²) in [5, 5.41) is 1.20. The van der Waals surface area contributed by atoms with Crippen molar-refractivity contribution in [2.24, 2.45) is 0 Å². The molecule has 0 aromatic carbocycles. The van der Waals surface area contributed by atoms with Gasteiger partial charge in [0.2, 0.25) is 0 Å². The summed E-state index contributed by atoms with van der Waals surface area (Å²) in [6.07, 6.45) is 9.71. The Morgan fingerprint density at radius 3 is 2.28 bits per heavy atom. The Hall–Kier alpha value is 0.397. The first kappa shape index (κ1) is 18.4. The number of unbranched alkanes of at least 4 members (excludes halogenated alkanes) is 2. The predicted molar refractivity (Wildman–Crippen MR) is 89.1 cm³/mol. The van der Waals surface area contributed by atoms with Crippen molar-refractivity contribution in [1.82, 2.24) is 0 Å². The van der Waals surface area contributed by atoms with Gasteiger partial charge in [-0.05, 0) is 24.6 Å². The van der Waals surface area contributed by atoms with Crippen LogP contribution in [0.1, 0.15) is 53.4 Å². The van der Waals surface area contributed by atoms with Crippen LogP contribution >= 0.6 is 15.9 Å². The van der Waals surface area contributed by atoms with Gasteiger partial charge in [0.05, 0.1) is 6.10 Å². The Bertz CT molecular complexity index is 243. The van der Waals surface area contributed by atoms with Gasteiger partial charge in [-0.2, -0.15) is 0 Å². The van der Waals surface area contributed by atoms with Crippen LogP contribution in [0.5, 0.6) is 0 Å². The second kappa shape index (κ2) is 8.54. The van der Waals surface area contributed by atoms with Gasteiger partial charge >= 0.3 is 0 Å². The summed E-state index contributed by atoms with van der Waals surface area (Å²) in [5.74, 6) is 0. The maximum atomic E-state index is 6.48. The van der Waals surface area contributed by atoms with E-state index in [1.54, 1.807) is 0 Å². The van der Waals surface area contributed by atoms with Gasteiger partial charge in [0.15, 0.2) is 8.32 Å². The van der Waals surface area contributed by atoms with E-state index < -0.39 is 8.32 Å².